The summed E-state index contributed by atoms with van der Waals surface area (Å²) < 4.78 is 39.5. The molecule has 7 nitrogen and oxygen atoms in total. The Labute approximate surface area is 189 Å². The lowest BCUT2D eigenvalue weighted by atomic mass is 10.1. The van der Waals surface area contributed by atoms with Gasteiger partial charge in [0.05, 0.1) is 11.9 Å². The first-order valence-electron chi connectivity index (χ1n) is 10.4. The molecule has 9 heteroatoms. The molecule has 0 heterocycles. The van der Waals surface area contributed by atoms with Gasteiger partial charge < -0.3 is 10.2 Å². The summed E-state index contributed by atoms with van der Waals surface area (Å²) in [4.78, 5) is 27.6. The van der Waals surface area contributed by atoms with Gasteiger partial charge in [0.25, 0.3) is 0 Å². The van der Waals surface area contributed by atoms with Crippen LogP contribution in [0.4, 0.5) is 10.1 Å². The van der Waals surface area contributed by atoms with E-state index in [0.717, 1.165) is 22.2 Å². The lowest BCUT2D eigenvalue weighted by molar-refractivity contribution is -0.140. The van der Waals surface area contributed by atoms with Gasteiger partial charge in [0, 0.05) is 12.6 Å². The minimum Gasteiger partial charge on any atom is -0.352 e. The molecule has 2 rings (SSSR count). The van der Waals surface area contributed by atoms with Crippen LogP contribution >= 0.6 is 0 Å². The number of amides is 2. The van der Waals surface area contributed by atoms with Crippen molar-refractivity contribution >= 4 is 27.5 Å². The van der Waals surface area contributed by atoms with Crippen molar-refractivity contribution in [3.05, 3.63) is 66.0 Å². The highest BCUT2D eigenvalue weighted by molar-refractivity contribution is 7.92. The second-order valence-electron chi connectivity index (χ2n) is 7.84. The third-order valence-electron chi connectivity index (χ3n) is 4.79. The third-order valence-corrected chi connectivity index (χ3v) is 5.93. The average Bonchev–Trinajstić information content (AvgIpc) is 2.71. The summed E-state index contributed by atoms with van der Waals surface area (Å²) >= 11 is 0. The summed E-state index contributed by atoms with van der Waals surface area (Å²) in [6.07, 6.45) is 1.30. The fourth-order valence-electron chi connectivity index (χ4n) is 3.33. The maximum atomic E-state index is 13.7. The highest BCUT2D eigenvalue weighted by atomic mass is 32.2. The van der Waals surface area contributed by atoms with Crippen LogP contribution in [0.1, 0.15) is 32.8 Å². The Morgan fingerprint density at radius 1 is 1.06 bits per heavy atom. The molecule has 0 radical (unpaired) electrons. The molecule has 0 saturated carbocycles. The van der Waals surface area contributed by atoms with Gasteiger partial charge in [0.15, 0.2) is 0 Å². The van der Waals surface area contributed by atoms with E-state index in [9.17, 15) is 22.4 Å². The molecule has 2 aromatic carbocycles. The van der Waals surface area contributed by atoms with E-state index in [2.05, 4.69) is 5.32 Å². The fourth-order valence-corrected chi connectivity index (χ4v) is 4.17. The van der Waals surface area contributed by atoms with Crippen LogP contribution in [0.25, 0.3) is 0 Å². The first-order chi connectivity index (χ1) is 15.0. The average molecular weight is 464 g/mol. The molecule has 2 aromatic rings. The fraction of sp³-hybridized carbons (Fsp3) is 0.391. The number of rotatable bonds is 10. The van der Waals surface area contributed by atoms with Crippen LogP contribution in [0.2, 0.25) is 0 Å². The first-order valence-corrected chi connectivity index (χ1v) is 12.2. The Kier molecular flexibility index (Phi) is 8.77. The molecule has 0 aliphatic rings. The van der Waals surface area contributed by atoms with E-state index in [0.29, 0.717) is 6.42 Å². The second-order valence-corrected chi connectivity index (χ2v) is 9.75. The van der Waals surface area contributed by atoms with Gasteiger partial charge in [-0.15, -0.1) is 0 Å². The molecule has 174 valence electrons. The Morgan fingerprint density at radius 3 is 2.25 bits per heavy atom. The number of sulfonamides is 1. The highest BCUT2D eigenvalue weighted by Crippen LogP contribution is 2.20. The number of carbonyl (C=O) groups is 2. The van der Waals surface area contributed by atoms with Crippen molar-refractivity contribution in [1.82, 2.24) is 10.2 Å². The SMILES string of the molecule is CCC(C(=O)NC(C)C)N(Cc1ccccc1)C(=O)CN(c1cccc(F)c1)S(C)(=O)=O. The zero-order valence-corrected chi connectivity index (χ0v) is 19.6. The summed E-state index contributed by atoms with van der Waals surface area (Å²) in [6, 6.07) is 13.3. The first kappa shape index (κ1) is 25.3. The molecule has 1 unspecified atom stereocenters. The normalized spacial score (nSPS) is 12.3. The number of nitrogens with zero attached hydrogens (tertiary/aromatic N) is 2. The van der Waals surface area contributed by atoms with Crippen molar-refractivity contribution in [2.75, 3.05) is 17.1 Å². The molecule has 2 amide bonds. The summed E-state index contributed by atoms with van der Waals surface area (Å²) in [6.45, 7) is 5.01. The molecule has 1 N–H and O–H groups in total. The van der Waals surface area contributed by atoms with Crippen molar-refractivity contribution in [3.8, 4) is 0 Å². The van der Waals surface area contributed by atoms with Crippen molar-refractivity contribution in [1.29, 1.82) is 0 Å². The standard InChI is InChI=1S/C23H30FN3O4S/c1-5-21(23(29)25-17(2)3)26(15-18-10-7-6-8-11-18)22(28)16-27(32(4,30)31)20-13-9-12-19(24)14-20/h6-14,17,21H,5,15-16H2,1-4H3,(H,25,29). The van der Waals surface area contributed by atoms with E-state index in [1.165, 1.54) is 23.1 Å². The van der Waals surface area contributed by atoms with Crippen molar-refractivity contribution in [2.24, 2.45) is 0 Å². The predicted molar refractivity (Wildman–Crippen MR) is 123 cm³/mol. The van der Waals surface area contributed by atoms with Crippen molar-refractivity contribution in [3.63, 3.8) is 0 Å². The lowest BCUT2D eigenvalue weighted by Crippen LogP contribution is -2.53. The summed E-state index contributed by atoms with van der Waals surface area (Å²) in [7, 11) is -3.89. The zero-order chi connectivity index (χ0) is 23.9. The number of benzene rings is 2. The van der Waals surface area contributed by atoms with E-state index in [1.807, 2.05) is 44.2 Å². The van der Waals surface area contributed by atoms with E-state index < -0.39 is 34.3 Å². The lowest BCUT2D eigenvalue weighted by Gasteiger charge is -2.33. The molecule has 0 fully saturated rings. The minimum absolute atomic E-state index is 0.0418. The number of hydrogen-bond acceptors (Lipinski definition) is 4. The van der Waals surface area contributed by atoms with E-state index in [1.54, 1.807) is 6.92 Å². The molecule has 0 saturated heterocycles. The Balaban J connectivity index is 2.41. The summed E-state index contributed by atoms with van der Waals surface area (Å²) in [5.41, 5.74) is 0.841. The molecule has 0 aromatic heterocycles. The topological polar surface area (TPSA) is 86.8 Å². The van der Waals surface area contributed by atoms with Crippen molar-refractivity contribution in [2.45, 2.75) is 45.8 Å². The van der Waals surface area contributed by atoms with Gasteiger partial charge in [-0.25, -0.2) is 12.8 Å². The molecule has 0 aliphatic carbocycles. The van der Waals surface area contributed by atoms with Crippen LogP contribution in [-0.4, -0.2) is 50.0 Å². The molecule has 1 atom stereocenters. The van der Waals surface area contributed by atoms with E-state index in [-0.39, 0.29) is 24.2 Å². The van der Waals surface area contributed by atoms with Gasteiger partial charge in [0.1, 0.15) is 18.4 Å². The number of hydrogen-bond donors (Lipinski definition) is 1. The Bertz CT molecular complexity index is 1030. The van der Waals surface area contributed by atoms with Gasteiger partial charge in [-0.2, -0.15) is 0 Å². The van der Waals surface area contributed by atoms with Gasteiger partial charge in [0.2, 0.25) is 21.8 Å². The van der Waals surface area contributed by atoms with Crippen LogP contribution in [-0.2, 0) is 26.2 Å². The summed E-state index contributed by atoms with van der Waals surface area (Å²) in [5, 5.41) is 2.82. The molecule has 32 heavy (non-hydrogen) atoms. The summed E-state index contributed by atoms with van der Waals surface area (Å²) in [5.74, 6) is -1.50. The Hall–Kier alpha value is -2.94. The quantitative estimate of drug-likeness (QED) is 0.587. The number of carbonyl (C=O) groups excluding carboxylic acids is 2. The second kappa shape index (κ2) is 11.1. The van der Waals surface area contributed by atoms with Gasteiger partial charge in [-0.05, 0) is 44.0 Å². The van der Waals surface area contributed by atoms with Gasteiger partial charge in [-0.1, -0.05) is 43.3 Å². The largest absolute Gasteiger partial charge is 0.352 e. The zero-order valence-electron chi connectivity index (χ0n) is 18.8. The van der Waals surface area contributed by atoms with E-state index >= 15 is 0 Å². The molecule has 0 spiro atoms. The maximum Gasteiger partial charge on any atom is 0.244 e. The predicted octanol–water partition coefficient (Wildman–Crippen LogP) is 2.92. The highest BCUT2D eigenvalue weighted by Gasteiger charge is 2.32. The van der Waals surface area contributed by atoms with Gasteiger partial charge >= 0.3 is 0 Å². The Morgan fingerprint density at radius 2 is 1.72 bits per heavy atom. The molecular weight excluding hydrogens is 433 g/mol. The smallest absolute Gasteiger partial charge is 0.244 e. The van der Waals surface area contributed by atoms with Crippen LogP contribution < -0.4 is 9.62 Å². The molecule has 0 aliphatic heterocycles. The van der Waals surface area contributed by atoms with Crippen LogP contribution in [0.5, 0.6) is 0 Å². The minimum atomic E-state index is -3.89. The number of nitrogens with one attached hydrogen (secondary N) is 1. The molecular formula is C23H30FN3O4S. The monoisotopic (exact) mass is 463 g/mol. The van der Waals surface area contributed by atoms with E-state index in [4.69, 9.17) is 0 Å². The number of halogens is 1. The van der Waals surface area contributed by atoms with Gasteiger partial charge in [-0.3, -0.25) is 13.9 Å². The van der Waals surface area contributed by atoms with Crippen LogP contribution in [0.3, 0.4) is 0 Å². The van der Waals surface area contributed by atoms with Crippen LogP contribution in [0.15, 0.2) is 54.6 Å². The van der Waals surface area contributed by atoms with Crippen molar-refractivity contribution < 1.29 is 22.4 Å². The van der Waals surface area contributed by atoms with Crippen LogP contribution in [0, 0.1) is 5.82 Å². The molecule has 0 bridgehead atoms. The number of anilines is 1. The maximum absolute atomic E-state index is 13.7. The third kappa shape index (κ3) is 7.05.